The number of nitrogens with zero attached hydrogens (tertiary/aromatic N) is 1. The van der Waals surface area contributed by atoms with Gasteiger partial charge in [-0.25, -0.2) is 0 Å². The van der Waals surface area contributed by atoms with Crippen LogP contribution in [-0.2, 0) is 13.1 Å². The molecule has 28 heavy (non-hydrogen) atoms. The molecule has 0 aromatic heterocycles. The predicted molar refractivity (Wildman–Crippen MR) is 122 cm³/mol. The van der Waals surface area contributed by atoms with Crippen molar-refractivity contribution >= 4 is 36.4 Å². The van der Waals surface area contributed by atoms with Crippen LogP contribution in [0.5, 0.6) is 0 Å². The lowest BCUT2D eigenvalue weighted by molar-refractivity contribution is 0.102. The highest BCUT2D eigenvalue weighted by atomic mass is 35.5. The number of hydrogen-bond donors (Lipinski definition) is 2. The Labute approximate surface area is 180 Å². The maximum Gasteiger partial charge on any atom is 0.255 e. The van der Waals surface area contributed by atoms with Crippen LogP contribution < -0.4 is 11.1 Å². The third-order valence-corrected chi connectivity index (χ3v) is 5.34. The van der Waals surface area contributed by atoms with Crippen molar-refractivity contribution in [2.24, 2.45) is 5.73 Å². The summed E-state index contributed by atoms with van der Waals surface area (Å²) in [5, 5.41) is 3.08. The van der Waals surface area contributed by atoms with E-state index in [0.717, 1.165) is 23.4 Å². The molecule has 1 amide bonds. The summed E-state index contributed by atoms with van der Waals surface area (Å²) in [5.74, 6) is -0.0821. The van der Waals surface area contributed by atoms with E-state index in [-0.39, 0.29) is 30.7 Å². The molecule has 0 saturated heterocycles. The molecule has 6 heteroatoms. The first-order valence-corrected chi connectivity index (χ1v) is 9.56. The number of hydrogen-bond acceptors (Lipinski definition) is 3. The van der Waals surface area contributed by atoms with E-state index < -0.39 is 0 Å². The largest absolute Gasteiger partial charge is 0.326 e. The molecule has 154 valence electrons. The lowest BCUT2D eigenvalue weighted by atomic mass is 9.94. The summed E-state index contributed by atoms with van der Waals surface area (Å²) in [7, 11) is 2.19. The highest BCUT2D eigenvalue weighted by Crippen LogP contribution is 2.25. The van der Waals surface area contributed by atoms with Gasteiger partial charge in [-0.2, -0.15) is 0 Å². The molecule has 0 radical (unpaired) electrons. The normalized spacial score (nSPS) is 14.1. The molecule has 3 rings (SSSR count). The number of carbonyl (C=O) groups is 1. The third-order valence-electron chi connectivity index (χ3n) is 5.34. The monoisotopic (exact) mass is 423 g/mol. The van der Waals surface area contributed by atoms with E-state index in [1.54, 1.807) is 0 Å². The van der Waals surface area contributed by atoms with E-state index in [1.807, 2.05) is 42.5 Å². The molecular weight excluding hydrogens is 393 g/mol. The first kappa shape index (κ1) is 24.4. The van der Waals surface area contributed by atoms with Gasteiger partial charge in [0.15, 0.2) is 0 Å². The van der Waals surface area contributed by atoms with Crippen LogP contribution in [0.1, 0.15) is 53.6 Å². The number of carbonyl (C=O) groups excluding carboxylic acids is 1. The summed E-state index contributed by atoms with van der Waals surface area (Å²) in [4.78, 5) is 15.0. The van der Waals surface area contributed by atoms with Crippen LogP contribution in [0.3, 0.4) is 0 Å². The molecule has 4 nitrogen and oxygen atoms in total. The van der Waals surface area contributed by atoms with Crippen molar-refractivity contribution in [3.05, 3.63) is 65.2 Å². The second kappa shape index (κ2) is 12.1. The molecule has 2 aromatic rings. The number of nitrogens with one attached hydrogen (secondary N) is 1. The van der Waals surface area contributed by atoms with E-state index in [2.05, 4.69) is 23.3 Å². The summed E-state index contributed by atoms with van der Waals surface area (Å²) in [6, 6.07) is 16.2. The van der Waals surface area contributed by atoms with E-state index in [0.29, 0.717) is 18.2 Å². The Morgan fingerprint density at radius 3 is 2.32 bits per heavy atom. The van der Waals surface area contributed by atoms with Gasteiger partial charge in [0.25, 0.3) is 5.91 Å². The second-order valence-corrected chi connectivity index (χ2v) is 7.22. The smallest absolute Gasteiger partial charge is 0.255 e. The summed E-state index contributed by atoms with van der Waals surface area (Å²) in [5.41, 5.74) is 9.35. The lowest BCUT2D eigenvalue weighted by Gasteiger charge is -2.31. The average Bonchev–Trinajstić information content (AvgIpc) is 2.70. The zero-order chi connectivity index (χ0) is 18.4. The standard InChI is InChI=1S/C22H29N3O.2ClH/c1-25(20-8-3-2-4-9-20)16-19-7-5-6-10-21(19)24-22(26)18-13-11-17(15-23)12-14-18;;/h5-7,10-14,20H,2-4,8-9,15-16,23H2,1H3,(H,24,26);2*1H. The summed E-state index contributed by atoms with van der Waals surface area (Å²) in [6.45, 7) is 1.34. The van der Waals surface area contributed by atoms with Crippen LogP contribution >= 0.6 is 24.8 Å². The molecule has 0 bridgehead atoms. The summed E-state index contributed by atoms with van der Waals surface area (Å²) < 4.78 is 0. The molecular formula is C22H31Cl2N3O. The minimum absolute atomic E-state index is 0. The third kappa shape index (κ3) is 6.49. The Morgan fingerprint density at radius 1 is 1.04 bits per heavy atom. The number of nitrogens with two attached hydrogens (primary N) is 1. The van der Waals surface area contributed by atoms with E-state index in [4.69, 9.17) is 5.73 Å². The Morgan fingerprint density at radius 2 is 1.68 bits per heavy atom. The van der Waals surface area contributed by atoms with Gasteiger partial charge in [-0.3, -0.25) is 9.69 Å². The lowest BCUT2D eigenvalue weighted by Crippen LogP contribution is -2.33. The number of para-hydroxylation sites is 1. The minimum Gasteiger partial charge on any atom is -0.326 e. The summed E-state index contributed by atoms with van der Waals surface area (Å²) in [6.07, 6.45) is 6.56. The van der Waals surface area contributed by atoms with E-state index >= 15 is 0 Å². The molecule has 0 atom stereocenters. The Kier molecular flexibility index (Phi) is 10.5. The fourth-order valence-electron chi connectivity index (χ4n) is 3.69. The molecule has 3 N–H and O–H groups in total. The van der Waals surface area contributed by atoms with Crippen molar-refractivity contribution in [3.63, 3.8) is 0 Å². The molecule has 0 heterocycles. The number of anilines is 1. The van der Waals surface area contributed by atoms with Gasteiger partial charge >= 0.3 is 0 Å². The number of benzene rings is 2. The van der Waals surface area contributed by atoms with E-state index in [9.17, 15) is 4.79 Å². The maximum absolute atomic E-state index is 12.6. The first-order valence-electron chi connectivity index (χ1n) is 9.56. The van der Waals surface area contributed by atoms with Crippen LogP contribution in [-0.4, -0.2) is 23.9 Å². The minimum atomic E-state index is -0.0821. The fourth-order valence-corrected chi connectivity index (χ4v) is 3.69. The molecule has 1 saturated carbocycles. The Balaban J connectivity index is 0.00000196. The van der Waals surface area contributed by atoms with Crippen molar-refractivity contribution in [2.45, 2.75) is 51.2 Å². The maximum atomic E-state index is 12.6. The van der Waals surface area contributed by atoms with Crippen LogP contribution in [0, 0.1) is 0 Å². The van der Waals surface area contributed by atoms with Crippen LogP contribution in [0.4, 0.5) is 5.69 Å². The Bertz CT molecular complexity index is 731. The molecule has 2 aromatic carbocycles. The van der Waals surface area contributed by atoms with Crippen LogP contribution in [0.15, 0.2) is 48.5 Å². The number of rotatable bonds is 6. The van der Waals surface area contributed by atoms with Crippen molar-refractivity contribution < 1.29 is 4.79 Å². The SMILES string of the molecule is CN(Cc1ccccc1NC(=O)c1ccc(CN)cc1)C1CCCCC1.Cl.Cl. The molecule has 0 spiro atoms. The van der Waals surface area contributed by atoms with Gasteiger partial charge in [-0.1, -0.05) is 49.6 Å². The fraction of sp³-hybridized carbons (Fsp3) is 0.409. The zero-order valence-electron chi connectivity index (χ0n) is 16.4. The highest BCUT2D eigenvalue weighted by molar-refractivity contribution is 6.04. The molecule has 0 unspecified atom stereocenters. The van der Waals surface area contributed by atoms with Gasteiger partial charge in [0.05, 0.1) is 0 Å². The van der Waals surface area contributed by atoms with Crippen LogP contribution in [0.25, 0.3) is 0 Å². The topological polar surface area (TPSA) is 58.4 Å². The van der Waals surface area contributed by atoms with E-state index in [1.165, 1.54) is 32.1 Å². The number of halogens is 2. The molecule has 1 aliphatic carbocycles. The van der Waals surface area contributed by atoms with Gasteiger partial charge in [-0.05, 0) is 49.2 Å². The Hall–Kier alpha value is -1.59. The van der Waals surface area contributed by atoms with Crippen molar-refractivity contribution in [3.8, 4) is 0 Å². The average molecular weight is 424 g/mol. The van der Waals surface area contributed by atoms with Crippen molar-refractivity contribution in [1.29, 1.82) is 0 Å². The quantitative estimate of drug-likeness (QED) is 0.686. The predicted octanol–water partition coefficient (Wildman–Crippen LogP) is 5.01. The highest BCUT2D eigenvalue weighted by Gasteiger charge is 2.19. The first-order chi connectivity index (χ1) is 12.7. The summed E-state index contributed by atoms with van der Waals surface area (Å²) >= 11 is 0. The molecule has 1 aliphatic rings. The molecule has 0 aliphatic heterocycles. The van der Waals surface area contributed by atoms with Gasteiger partial charge in [-0.15, -0.1) is 24.8 Å². The zero-order valence-corrected chi connectivity index (χ0v) is 18.0. The molecule has 1 fully saturated rings. The van der Waals surface area contributed by atoms with Crippen molar-refractivity contribution in [2.75, 3.05) is 12.4 Å². The van der Waals surface area contributed by atoms with Gasteiger partial charge in [0, 0.05) is 30.4 Å². The van der Waals surface area contributed by atoms with Gasteiger partial charge in [0.1, 0.15) is 0 Å². The number of amides is 1. The van der Waals surface area contributed by atoms with Gasteiger partial charge < -0.3 is 11.1 Å². The van der Waals surface area contributed by atoms with Gasteiger partial charge in [0.2, 0.25) is 0 Å². The second-order valence-electron chi connectivity index (χ2n) is 7.22. The van der Waals surface area contributed by atoms with Crippen molar-refractivity contribution in [1.82, 2.24) is 4.90 Å². The van der Waals surface area contributed by atoms with Crippen LogP contribution in [0.2, 0.25) is 0 Å².